The number of aryl methyl sites for hydroxylation is 1. The number of thiazole rings is 1. The summed E-state index contributed by atoms with van der Waals surface area (Å²) in [5.74, 6) is 0.671. The Hall–Kier alpha value is -2.58. The molecule has 0 radical (unpaired) electrons. The quantitative estimate of drug-likeness (QED) is 0.777. The van der Waals surface area contributed by atoms with E-state index in [-0.39, 0.29) is 0 Å². The van der Waals surface area contributed by atoms with Crippen LogP contribution in [0.25, 0.3) is 5.70 Å². The van der Waals surface area contributed by atoms with Crippen LogP contribution in [0.5, 0.6) is 0 Å². The minimum atomic E-state index is 0.671. The highest BCUT2D eigenvalue weighted by atomic mass is 32.1. The Bertz CT molecular complexity index is 830. The van der Waals surface area contributed by atoms with E-state index >= 15 is 0 Å². The normalized spacial score (nSPS) is 16.1. The van der Waals surface area contributed by atoms with E-state index in [1.165, 1.54) is 0 Å². The zero-order valence-corrected chi connectivity index (χ0v) is 16.8. The van der Waals surface area contributed by atoms with Crippen molar-refractivity contribution in [1.29, 1.82) is 0 Å². The Balaban J connectivity index is 1.68. The highest BCUT2D eigenvalue weighted by Crippen LogP contribution is 2.29. The van der Waals surface area contributed by atoms with Gasteiger partial charge < -0.3 is 15.1 Å². The van der Waals surface area contributed by atoms with Crippen molar-refractivity contribution in [3.63, 3.8) is 0 Å². The summed E-state index contributed by atoms with van der Waals surface area (Å²) in [7, 11) is 4.01. The molecule has 142 valence electrons. The predicted molar refractivity (Wildman–Crippen MR) is 116 cm³/mol. The van der Waals surface area contributed by atoms with Crippen molar-refractivity contribution >= 4 is 46.6 Å². The first-order valence-corrected chi connectivity index (χ1v) is 9.68. The maximum absolute atomic E-state index is 4.45. The van der Waals surface area contributed by atoms with Gasteiger partial charge in [-0.3, -0.25) is 4.99 Å². The van der Waals surface area contributed by atoms with Crippen LogP contribution < -0.4 is 10.2 Å². The van der Waals surface area contributed by atoms with Crippen molar-refractivity contribution in [3.05, 3.63) is 35.0 Å². The summed E-state index contributed by atoms with van der Waals surface area (Å²) in [6.45, 7) is 9.83. The summed E-state index contributed by atoms with van der Waals surface area (Å²) in [5, 5.41) is 3.91. The molecule has 0 unspecified atom stereocenters. The average molecular weight is 384 g/mol. The minimum absolute atomic E-state index is 0.671. The molecule has 0 aromatic carbocycles. The molecular weight excluding hydrogens is 358 g/mol. The molecule has 1 aliphatic heterocycles. The number of pyridine rings is 1. The maximum atomic E-state index is 4.45. The van der Waals surface area contributed by atoms with Gasteiger partial charge in [0.05, 0.1) is 28.2 Å². The van der Waals surface area contributed by atoms with Crippen molar-refractivity contribution in [2.24, 2.45) is 9.98 Å². The fourth-order valence-corrected chi connectivity index (χ4v) is 3.74. The van der Waals surface area contributed by atoms with E-state index in [2.05, 4.69) is 54.9 Å². The molecule has 2 aromatic heterocycles. The van der Waals surface area contributed by atoms with E-state index < -0.39 is 0 Å². The van der Waals surface area contributed by atoms with Gasteiger partial charge in [0.1, 0.15) is 0 Å². The van der Waals surface area contributed by atoms with Crippen LogP contribution >= 0.6 is 11.3 Å². The Kier molecular flexibility index (Phi) is 6.31. The standard InChI is InChI=1S/C19H25N7S/c1-14-18(27-19(21-3)24-14)16(20-2)7-8-22-17-6-5-15(13-23-17)26-11-9-25(4)10-12-26/h5-8,13H,2,9-12H2,1,3-4H3,(H,21,24)/b16-7-,22-8?. The number of allylic oxidation sites excluding steroid dienone is 1. The minimum Gasteiger partial charge on any atom is -0.368 e. The van der Waals surface area contributed by atoms with Gasteiger partial charge in [0.2, 0.25) is 0 Å². The van der Waals surface area contributed by atoms with Gasteiger partial charge in [0.15, 0.2) is 10.9 Å². The van der Waals surface area contributed by atoms with Crippen LogP contribution in [0, 0.1) is 6.92 Å². The summed E-state index contributed by atoms with van der Waals surface area (Å²) in [5.41, 5.74) is 2.82. The Morgan fingerprint density at radius 3 is 2.67 bits per heavy atom. The predicted octanol–water partition coefficient (Wildman–Crippen LogP) is 3.08. The SMILES string of the molecule is C=N/C(=C\C=Nc1ccc(N2CCN(C)CC2)cn1)c1sc(NC)nc1C. The first-order valence-electron chi connectivity index (χ1n) is 8.87. The maximum Gasteiger partial charge on any atom is 0.183 e. The van der Waals surface area contributed by atoms with Crippen LogP contribution in [-0.4, -0.2) is 68.1 Å². The zero-order valence-electron chi connectivity index (χ0n) is 16.0. The third kappa shape index (κ3) is 4.78. The number of aliphatic imine (C=N–C) groups is 2. The molecular formula is C19H25N7S. The van der Waals surface area contributed by atoms with Crippen molar-refractivity contribution in [3.8, 4) is 0 Å². The molecule has 0 amide bonds. The second-order valence-corrected chi connectivity index (χ2v) is 7.34. The molecule has 0 atom stereocenters. The first-order chi connectivity index (χ1) is 13.1. The highest BCUT2D eigenvalue weighted by molar-refractivity contribution is 7.16. The van der Waals surface area contributed by atoms with E-state index in [0.717, 1.165) is 53.3 Å². The van der Waals surface area contributed by atoms with Gasteiger partial charge >= 0.3 is 0 Å². The number of rotatable bonds is 6. The van der Waals surface area contributed by atoms with Gasteiger partial charge in [0.25, 0.3) is 0 Å². The smallest absolute Gasteiger partial charge is 0.183 e. The molecule has 8 heteroatoms. The Morgan fingerprint density at radius 2 is 2.07 bits per heavy atom. The van der Waals surface area contributed by atoms with Crippen molar-refractivity contribution < 1.29 is 0 Å². The molecule has 3 heterocycles. The van der Waals surface area contributed by atoms with Crippen molar-refractivity contribution in [2.45, 2.75) is 6.92 Å². The van der Waals surface area contributed by atoms with Crippen LogP contribution in [-0.2, 0) is 0 Å². The zero-order chi connectivity index (χ0) is 19.2. The Morgan fingerprint density at radius 1 is 1.30 bits per heavy atom. The monoisotopic (exact) mass is 383 g/mol. The number of likely N-dealkylation sites (N-methyl/N-ethyl adjacent to an activating group) is 1. The number of nitrogens with zero attached hydrogens (tertiary/aromatic N) is 6. The summed E-state index contributed by atoms with van der Waals surface area (Å²) in [6.07, 6.45) is 5.43. The lowest BCUT2D eigenvalue weighted by Gasteiger charge is -2.33. The number of anilines is 2. The lowest BCUT2D eigenvalue weighted by Crippen LogP contribution is -2.44. The van der Waals surface area contributed by atoms with E-state index in [0.29, 0.717) is 5.82 Å². The molecule has 1 fully saturated rings. The topological polar surface area (TPSA) is 69.0 Å². The van der Waals surface area contributed by atoms with Crippen molar-refractivity contribution in [1.82, 2.24) is 14.9 Å². The second kappa shape index (κ2) is 8.88. The number of nitrogens with one attached hydrogen (secondary N) is 1. The van der Waals surface area contributed by atoms with E-state index in [1.54, 1.807) is 17.6 Å². The molecule has 0 saturated carbocycles. The molecule has 0 bridgehead atoms. The third-order valence-electron chi connectivity index (χ3n) is 4.45. The molecule has 2 aromatic rings. The van der Waals surface area contributed by atoms with Gasteiger partial charge in [-0.05, 0) is 38.9 Å². The molecule has 1 N–H and O–H groups in total. The summed E-state index contributed by atoms with van der Waals surface area (Å²) in [6, 6.07) is 4.02. The lowest BCUT2D eigenvalue weighted by atomic mass is 10.3. The van der Waals surface area contributed by atoms with Crippen LogP contribution in [0.15, 0.2) is 34.4 Å². The lowest BCUT2D eigenvalue weighted by molar-refractivity contribution is 0.313. The number of hydrogen-bond donors (Lipinski definition) is 1. The molecule has 1 aliphatic rings. The van der Waals surface area contributed by atoms with Gasteiger partial charge in [0, 0.05) is 39.4 Å². The number of hydrogen-bond acceptors (Lipinski definition) is 8. The fourth-order valence-electron chi connectivity index (χ4n) is 2.83. The van der Waals surface area contributed by atoms with Gasteiger partial charge in [-0.15, -0.1) is 0 Å². The van der Waals surface area contributed by atoms with E-state index in [4.69, 9.17) is 0 Å². The van der Waals surface area contributed by atoms with Crippen LogP contribution in [0.3, 0.4) is 0 Å². The molecule has 0 aliphatic carbocycles. The summed E-state index contributed by atoms with van der Waals surface area (Å²) >= 11 is 1.55. The van der Waals surface area contributed by atoms with Crippen LogP contribution in [0.4, 0.5) is 16.6 Å². The fraction of sp³-hybridized carbons (Fsp3) is 0.368. The van der Waals surface area contributed by atoms with E-state index in [9.17, 15) is 0 Å². The third-order valence-corrected chi connectivity index (χ3v) is 5.65. The first kappa shape index (κ1) is 19.2. The van der Waals surface area contributed by atoms with Crippen LogP contribution in [0.2, 0.25) is 0 Å². The summed E-state index contributed by atoms with van der Waals surface area (Å²) in [4.78, 5) is 23.1. The average Bonchev–Trinajstić information content (AvgIpc) is 3.07. The van der Waals surface area contributed by atoms with Crippen molar-refractivity contribution in [2.75, 3.05) is 50.5 Å². The molecule has 7 nitrogen and oxygen atoms in total. The number of piperazine rings is 1. The molecule has 0 spiro atoms. The van der Waals surface area contributed by atoms with Gasteiger partial charge in [-0.25, -0.2) is 15.0 Å². The van der Waals surface area contributed by atoms with Gasteiger partial charge in [-0.2, -0.15) is 0 Å². The molecule has 1 saturated heterocycles. The van der Waals surface area contributed by atoms with Crippen LogP contribution in [0.1, 0.15) is 10.6 Å². The number of aromatic nitrogens is 2. The Labute approximate surface area is 164 Å². The summed E-state index contributed by atoms with van der Waals surface area (Å²) < 4.78 is 0. The van der Waals surface area contributed by atoms with Gasteiger partial charge in [-0.1, -0.05) is 11.3 Å². The highest BCUT2D eigenvalue weighted by Gasteiger charge is 2.14. The largest absolute Gasteiger partial charge is 0.368 e. The second-order valence-electron chi connectivity index (χ2n) is 6.34. The molecule has 3 rings (SSSR count). The van der Waals surface area contributed by atoms with E-state index in [1.807, 2.05) is 32.3 Å². The molecule has 27 heavy (non-hydrogen) atoms.